The fraction of sp³-hybridized carbons (Fsp3) is 0.284. The molecule has 8 aromatic carbocycles. The average Bonchev–Trinajstić information content (AvgIpc) is 1.51. The lowest BCUT2D eigenvalue weighted by atomic mass is 9.74. The highest BCUT2D eigenvalue weighted by molar-refractivity contribution is 6.17. The molecule has 0 atom stereocenters. The molecule has 0 aliphatic heterocycles. The molecule has 7 nitrogen and oxygen atoms in total. The third kappa shape index (κ3) is 9.79. The van der Waals surface area contributed by atoms with E-state index in [-0.39, 0.29) is 29.4 Å². The fourth-order valence-corrected chi connectivity index (χ4v) is 16.6. The molecular weight excluding hydrogens is 1250 g/mol. The number of pyridine rings is 4. The van der Waals surface area contributed by atoms with Crippen molar-refractivity contribution in [1.29, 1.82) is 0 Å². The van der Waals surface area contributed by atoms with Gasteiger partial charge in [-0.3, -0.25) is 0 Å². The monoisotopic (exact) mass is 1360 g/mol. The minimum absolute atomic E-state index is 0.238. The lowest BCUT2D eigenvalue weighted by Crippen LogP contribution is -2.32. The summed E-state index contributed by atoms with van der Waals surface area (Å²) in [7, 11) is 5.52. The van der Waals surface area contributed by atoms with Crippen LogP contribution in [0, 0.1) is 27.6 Å². The Kier molecular flexibility index (Phi) is 10.5. The highest BCUT2D eigenvalue weighted by Gasteiger charge is 2.44. The normalized spacial score (nSPS) is 18.9. The molecule has 7 aromatic heterocycles. The van der Waals surface area contributed by atoms with E-state index in [4.69, 9.17) is 46.1 Å². The number of furan rings is 3. The maximum Gasteiger partial charge on any atom is 0.227 e. The van der Waals surface area contributed by atoms with E-state index in [1.807, 2.05) is 193 Å². The van der Waals surface area contributed by atoms with Gasteiger partial charge in [-0.2, -0.15) is 0 Å². The van der Waals surface area contributed by atoms with Gasteiger partial charge in [0.05, 0.1) is 22.1 Å². The van der Waals surface area contributed by atoms with Crippen LogP contribution in [0.1, 0.15) is 218 Å². The summed E-state index contributed by atoms with van der Waals surface area (Å²) < 4.78 is 225. The predicted octanol–water partition coefficient (Wildman–Crippen LogP) is 23.9. The highest BCUT2D eigenvalue weighted by atomic mass is 16.3. The van der Waals surface area contributed by atoms with E-state index in [1.54, 1.807) is 43.4 Å². The maximum absolute atomic E-state index is 8.89. The third-order valence-corrected chi connectivity index (χ3v) is 22.0. The van der Waals surface area contributed by atoms with E-state index in [9.17, 15) is 0 Å². The number of aromatic nitrogens is 4. The van der Waals surface area contributed by atoms with Crippen LogP contribution in [-0.4, -0.2) is 4.98 Å². The molecule has 0 amide bonds. The van der Waals surface area contributed by atoms with Crippen LogP contribution in [0.2, 0.25) is 0 Å². The van der Waals surface area contributed by atoms with Crippen LogP contribution in [0.3, 0.4) is 0 Å². The predicted molar refractivity (Wildman–Crippen MR) is 422 cm³/mol. The number of fused-ring (bicyclic) bond motifs is 21. The topological polar surface area (TPSA) is 64.0 Å². The van der Waals surface area contributed by atoms with Gasteiger partial charge in [-0.05, 0) is 142 Å². The van der Waals surface area contributed by atoms with E-state index in [0.29, 0.717) is 67.1 Å². The molecule has 3 aliphatic carbocycles. The van der Waals surface area contributed by atoms with Crippen molar-refractivity contribution in [2.45, 2.75) is 157 Å². The molecule has 0 unspecified atom stereocenters. The first-order chi connectivity index (χ1) is 58.3. The van der Waals surface area contributed by atoms with Gasteiger partial charge in [0.2, 0.25) is 22.8 Å². The van der Waals surface area contributed by atoms with Gasteiger partial charge in [-0.25, -0.2) is 18.7 Å². The SMILES string of the molecule is [2H]C(C)(C)c1cc[n+](C)c(-c2c(C)ccc3c2oc2c4c(ccc23)C(C([2H])([2H])[2H])(C([2H])([2H])[2H])c2ccccc2-4)c1.[2H]C([2H])([2H])CC1(CC([2H])([2H])[2H])c2ccccc2-c2c1ccc1c2oc2c(-c3cc(C([2H])(C)C)cc[n+]3C)c(C)ccc21.[2H]C([2H])([2H])c1c[n+](C)c(-c2c(C)ccc3c2oc2ncc4c(c23)C(C)(C)c2ccccc2-4)cc1C([2H])(C([2H])([2H])[2H])C([2H])([2H])[2H]. The first-order valence-electron chi connectivity index (χ1n) is 46.5. The van der Waals surface area contributed by atoms with Crippen LogP contribution in [-0.2, 0) is 37.4 Å². The van der Waals surface area contributed by atoms with Gasteiger partial charge >= 0.3 is 0 Å². The van der Waals surface area contributed by atoms with Gasteiger partial charge in [-0.1, -0.05) is 216 Å². The summed E-state index contributed by atoms with van der Waals surface area (Å²) >= 11 is 0. The Morgan fingerprint density at radius 1 is 0.441 bits per heavy atom. The Morgan fingerprint density at radius 3 is 1.43 bits per heavy atom. The molecule has 3 aliphatic rings. The zero-order valence-corrected chi connectivity index (χ0v) is 59.3. The number of hydrogen-bond acceptors (Lipinski definition) is 4. The molecular formula is C95H95N4O3+3. The highest BCUT2D eigenvalue weighted by Crippen LogP contribution is 2.58. The Morgan fingerprint density at radius 2 is 0.902 bits per heavy atom. The van der Waals surface area contributed by atoms with E-state index in [0.717, 1.165) is 110 Å². The van der Waals surface area contributed by atoms with Crippen molar-refractivity contribution in [3.8, 4) is 67.2 Å². The second kappa shape index (κ2) is 24.2. The summed E-state index contributed by atoms with van der Waals surface area (Å²) in [6.07, 6.45) is 6.35. The Balaban J connectivity index is 0.000000139. The Bertz CT molecular complexity index is 6990. The summed E-state index contributed by atoms with van der Waals surface area (Å²) in [5.74, 6) is -4.80. The summed E-state index contributed by atoms with van der Waals surface area (Å²) in [6, 6.07) is 51.1. The van der Waals surface area contributed by atoms with Gasteiger partial charge in [0.1, 0.15) is 43.5 Å². The van der Waals surface area contributed by atoms with Crippen molar-refractivity contribution < 1.29 is 59.9 Å². The minimum Gasteiger partial charge on any atom is -0.454 e. The van der Waals surface area contributed by atoms with Gasteiger partial charge in [0, 0.05) is 135 Å². The molecule has 0 fully saturated rings. The van der Waals surface area contributed by atoms with E-state index < -0.39 is 87.6 Å². The molecule has 7 heteroatoms. The van der Waals surface area contributed by atoms with Gasteiger partial charge in [0.25, 0.3) is 0 Å². The zero-order chi connectivity index (χ0) is 91.8. The third-order valence-electron chi connectivity index (χ3n) is 22.0. The molecule has 7 heterocycles. The van der Waals surface area contributed by atoms with E-state index in [1.165, 1.54) is 22.4 Å². The lowest BCUT2D eigenvalue weighted by molar-refractivity contribution is -0.660. The zero-order valence-electron chi connectivity index (χ0n) is 83.3. The molecule has 18 rings (SSSR count). The number of aryl methyl sites for hydroxylation is 7. The van der Waals surface area contributed by atoms with Crippen molar-refractivity contribution in [2.75, 3.05) is 0 Å². The molecule has 0 saturated carbocycles. The molecule has 0 spiro atoms. The van der Waals surface area contributed by atoms with Crippen LogP contribution < -0.4 is 13.7 Å². The fourth-order valence-electron chi connectivity index (χ4n) is 16.6. The van der Waals surface area contributed by atoms with Crippen molar-refractivity contribution in [3.05, 3.63) is 261 Å². The molecule has 0 bridgehead atoms. The van der Waals surface area contributed by atoms with Gasteiger partial charge in [0.15, 0.2) is 24.2 Å². The first-order valence-corrected chi connectivity index (χ1v) is 34.5. The van der Waals surface area contributed by atoms with Crippen LogP contribution >= 0.6 is 0 Å². The van der Waals surface area contributed by atoms with Gasteiger partial charge in [-0.15, -0.1) is 0 Å². The summed E-state index contributed by atoms with van der Waals surface area (Å²) in [6.45, 7) is -2.38. The maximum atomic E-state index is 8.89. The van der Waals surface area contributed by atoms with Crippen molar-refractivity contribution in [3.63, 3.8) is 0 Å². The molecule has 510 valence electrons. The van der Waals surface area contributed by atoms with Crippen LogP contribution in [0.15, 0.2) is 202 Å². The lowest BCUT2D eigenvalue weighted by Gasteiger charge is -2.29. The Labute approximate surface area is 634 Å². The van der Waals surface area contributed by atoms with E-state index >= 15 is 0 Å². The van der Waals surface area contributed by atoms with Crippen LogP contribution in [0.5, 0.6) is 0 Å². The Hall–Kier alpha value is -10.2. The van der Waals surface area contributed by atoms with E-state index in [2.05, 4.69) is 37.0 Å². The number of benzene rings is 8. The number of nitrogens with zero attached hydrogens (tertiary/aromatic N) is 4. The molecule has 0 N–H and O–H groups in total. The van der Waals surface area contributed by atoms with Crippen LogP contribution in [0.25, 0.3) is 133 Å². The van der Waals surface area contributed by atoms with Crippen LogP contribution in [0.4, 0.5) is 0 Å². The summed E-state index contributed by atoms with van der Waals surface area (Å²) in [5.41, 5.74) is 16.2. The van der Waals surface area contributed by atoms with Gasteiger partial charge < -0.3 is 13.3 Å². The standard InChI is InChI=1S/C33H34NO.C31H31N2O.C31H30NO/c1-7-33(8-2)26-12-10-9-11-25(26)30-27(33)16-15-24-23-14-13-21(5)29(31(23)35-32(24)30)28-19-22(20(3)4)17-18-34(28)6;1-17(2)22-14-25(33(7)16-19(22)4)26-18(3)12-13-21-27-28-23(15-32-30(27)34-29(21)26)20-10-8-9-11-24(20)31(28,5)6;1-18(2)20-15-16-32(6)26(17-20)27-19(3)11-12-21-22-13-14-25-28(30(22)33-29(21)27)23-9-7-8-10-24(23)31(25,4)5/h9-20H,7-8H2,1-6H3;8-17H,1-7H3;7-18H,1-6H3/q3*+1/i1D3,2D3,20D;1D3,2D3,4D3,17D;4D3,5D3,18D. The molecule has 0 saturated heterocycles. The molecule has 102 heavy (non-hydrogen) atoms. The van der Waals surface area contributed by atoms with Crippen molar-refractivity contribution in [2.24, 2.45) is 21.1 Å². The second-order valence-corrected chi connectivity index (χ2v) is 28.9. The van der Waals surface area contributed by atoms with Crippen molar-refractivity contribution >= 4 is 65.9 Å². The number of hydrogen-bond donors (Lipinski definition) is 0. The minimum atomic E-state index is -3.37. The largest absolute Gasteiger partial charge is 0.454 e. The smallest absolute Gasteiger partial charge is 0.227 e. The summed E-state index contributed by atoms with van der Waals surface area (Å²) in [4.78, 5) is 4.68. The average molecular weight is 1360 g/mol. The van der Waals surface area contributed by atoms with Crippen molar-refractivity contribution in [1.82, 2.24) is 4.98 Å². The summed E-state index contributed by atoms with van der Waals surface area (Å²) in [5, 5.41) is 5.05. The molecule has 0 radical (unpaired) electrons. The quantitative estimate of drug-likeness (QED) is 0.142. The first kappa shape index (κ1) is 44.2. The molecule has 15 aromatic rings. The number of rotatable bonds is 8. The second-order valence-electron chi connectivity index (χ2n) is 28.9.